The number of hydrogen-bond donors (Lipinski definition) is 1. The zero-order valence-corrected chi connectivity index (χ0v) is 14.2. The summed E-state index contributed by atoms with van der Waals surface area (Å²) in [6.45, 7) is 4.15. The first-order valence-electron chi connectivity index (χ1n) is 7.56. The first-order chi connectivity index (χ1) is 11.1. The Labute approximate surface area is 141 Å². The van der Waals surface area contributed by atoms with Crippen molar-refractivity contribution in [2.75, 3.05) is 18.5 Å². The zero-order valence-electron chi connectivity index (χ0n) is 13.4. The Kier molecular flexibility index (Phi) is 5.64. The van der Waals surface area contributed by atoms with Crippen LogP contribution in [0, 0.1) is 11.3 Å². The summed E-state index contributed by atoms with van der Waals surface area (Å²) in [5, 5.41) is 2.97. The number of rotatable bonds is 5. The Bertz CT molecular complexity index is 607. The van der Waals surface area contributed by atoms with Crippen molar-refractivity contribution in [3.63, 3.8) is 0 Å². The van der Waals surface area contributed by atoms with Crippen LogP contribution in [0.5, 0.6) is 0 Å². The Morgan fingerprint density at radius 2 is 1.96 bits per heavy atom. The molecule has 0 spiro atoms. The number of nitrogens with zero attached hydrogens (tertiary/aromatic N) is 1. The van der Waals surface area contributed by atoms with E-state index in [1.165, 1.54) is 13.8 Å². The van der Waals surface area contributed by atoms with Gasteiger partial charge in [0.15, 0.2) is 10.8 Å². The molecule has 0 unspecified atom stereocenters. The third kappa shape index (κ3) is 4.54. The molecule has 1 aliphatic heterocycles. The maximum absolute atomic E-state index is 12.5. The fourth-order valence-electron chi connectivity index (χ4n) is 2.31. The molecule has 1 aromatic rings. The van der Waals surface area contributed by atoms with Crippen molar-refractivity contribution < 1.29 is 27.5 Å². The van der Waals surface area contributed by atoms with Gasteiger partial charge in [0.2, 0.25) is 5.91 Å². The molecule has 9 heteroatoms. The van der Waals surface area contributed by atoms with Crippen LogP contribution in [0.1, 0.15) is 38.8 Å². The summed E-state index contributed by atoms with van der Waals surface area (Å²) < 4.78 is 42.8. The van der Waals surface area contributed by atoms with Crippen molar-refractivity contribution in [2.45, 2.75) is 39.3 Å². The van der Waals surface area contributed by atoms with E-state index in [1.54, 1.807) is 0 Å². The number of Topliss-reactive ketones (excluding diaryl/α,β-unsaturated/α-hetero) is 1. The lowest BCUT2D eigenvalue weighted by Crippen LogP contribution is -2.39. The number of halogens is 3. The van der Waals surface area contributed by atoms with Crippen LogP contribution in [0.3, 0.4) is 0 Å². The van der Waals surface area contributed by atoms with E-state index in [1.807, 2.05) is 0 Å². The number of carbonyl (C=O) groups is 2. The highest BCUT2D eigenvalue weighted by atomic mass is 32.1. The molecule has 134 valence electrons. The van der Waals surface area contributed by atoms with Crippen molar-refractivity contribution in [1.29, 1.82) is 0 Å². The van der Waals surface area contributed by atoms with E-state index in [0.717, 1.165) is 18.2 Å². The normalized spacial score (nSPS) is 16.9. The predicted octanol–water partition coefficient (Wildman–Crippen LogP) is 3.51. The van der Waals surface area contributed by atoms with Gasteiger partial charge in [0, 0.05) is 25.0 Å². The number of amides is 1. The van der Waals surface area contributed by atoms with Gasteiger partial charge in [-0.05, 0) is 32.6 Å². The van der Waals surface area contributed by atoms with Crippen molar-refractivity contribution in [3.05, 3.63) is 11.1 Å². The van der Waals surface area contributed by atoms with Crippen molar-refractivity contribution >= 4 is 28.2 Å². The maximum atomic E-state index is 12.5. The van der Waals surface area contributed by atoms with E-state index in [-0.39, 0.29) is 23.3 Å². The van der Waals surface area contributed by atoms with E-state index < -0.39 is 23.2 Å². The Hall–Kier alpha value is -1.48. The number of ketones is 1. The minimum atomic E-state index is -4.56. The Balaban J connectivity index is 1.98. The van der Waals surface area contributed by atoms with Gasteiger partial charge in [-0.25, -0.2) is 4.98 Å². The molecule has 1 aromatic heterocycles. The average molecular weight is 364 g/mol. The highest BCUT2D eigenvalue weighted by Gasteiger charge is 2.38. The molecular weight excluding hydrogens is 345 g/mol. The molecule has 1 saturated heterocycles. The quantitative estimate of drug-likeness (QED) is 0.812. The van der Waals surface area contributed by atoms with Gasteiger partial charge >= 0.3 is 6.18 Å². The van der Waals surface area contributed by atoms with Gasteiger partial charge in [-0.15, -0.1) is 11.3 Å². The first kappa shape index (κ1) is 18.9. The zero-order chi connectivity index (χ0) is 18.0. The van der Waals surface area contributed by atoms with E-state index in [0.29, 0.717) is 24.6 Å². The molecular formula is C15H19F3N2O3S. The van der Waals surface area contributed by atoms with Crippen LogP contribution in [-0.2, 0) is 20.5 Å². The summed E-state index contributed by atoms with van der Waals surface area (Å²) in [7, 11) is 0. The second kappa shape index (κ2) is 7.18. The molecule has 5 nitrogen and oxygen atoms in total. The Morgan fingerprint density at radius 1 is 1.33 bits per heavy atom. The summed E-state index contributed by atoms with van der Waals surface area (Å²) in [5.74, 6) is -0.711. The number of aromatic nitrogens is 1. The van der Waals surface area contributed by atoms with Gasteiger partial charge < -0.3 is 10.1 Å². The maximum Gasteiger partial charge on any atom is 0.434 e. The molecule has 0 aromatic carbocycles. The van der Waals surface area contributed by atoms with Crippen LogP contribution < -0.4 is 5.32 Å². The highest BCUT2D eigenvalue weighted by Crippen LogP contribution is 2.33. The third-order valence-corrected chi connectivity index (χ3v) is 4.85. The van der Waals surface area contributed by atoms with Gasteiger partial charge in [-0.3, -0.25) is 9.59 Å². The number of nitrogens with one attached hydrogen (secondary N) is 1. The lowest BCUT2D eigenvalue weighted by molar-refractivity contribution is -0.141. The average Bonchev–Trinajstić information content (AvgIpc) is 2.96. The SMILES string of the molecule is CC(C)(C(=O)CC1CCOCC1)C(=O)Nc1nc(C(F)(F)F)cs1. The van der Waals surface area contributed by atoms with E-state index in [2.05, 4.69) is 10.3 Å². The number of ether oxygens (including phenoxy) is 1. The summed E-state index contributed by atoms with van der Waals surface area (Å²) in [5.41, 5.74) is -2.39. The molecule has 2 rings (SSSR count). The number of hydrogen-bond acceptors (Lipinski definition) is 5. The van der Waals surface area contributed by atoms with Crippen molar-refractivity contribution in [1.82, 2.24) is 4.98 Å². The standard InChI is InChI=1S/C15H19F3N2O3S/c1-14(2,11(21)7-9-3-5-23-6-4-9)12(22)20-13-19-10(8-24-13)15(16,17)18/h8-9H,3-7H2,1-2H3,(H,19,20,22). The van der Waals surface area contributed by atoms with Crippen LogP contribution in [0.4, 0.5) is 18.3 Å². The van der Waals surface area contributed by atoms with Gasteiger partial charge in [-0.1, -0.05) is 0 Å². The number of carbonyl (C=O) groups excluding carboxylic acids is 2. The fourth-order valence-corrected chi connectivity index (χ4v) is 3.02. The lowest BCUT2D eigenvalue weighted by atomic mass is 9.80. The molecule has 0 radical (unpaired) electrons. The third-order valence-electron chi connectivity index (χ3n) is 4.09. The van der Waals surface area contributed by atoms with E-state index in [9.17, 15) is 22.8 Å². The summed E-state index contributed by atoms with van der Waals surface area (Å²) in [4.78, 5) is 28.1. The lowest BCUT2D eigenvalue weighted by Gasteiger charge is -2.26. The highest BCUT2D eigenvalue weighted by molar-refractivity contribution is 7.14. The summed E-state index contributed by atoms with van der Waals surface area (Å²) in [6.07, 6.45) is -2.76. The molecule has 0 aliphatic carbocycles. The van der Waals surface area contributed by atoms with Crippen LogP contribution in [-0.4, -0.2) is 29.9 Å². The van der Waals surface area contributed by atoms with Crippen LogP contribution >= 0.6 is 11.3 Å². The van der Waals surface area contributed by atoms with Gasteiger partial charge in [0.1, 0.15) is 11.2 Å². The largest absolute Gasteiger partial charge is 0.434 e. The van der Waals surface area contributed by atoms with Crippen LogP contribution in [0.2, 0.25) is 0 Å². The van der Waals surface area contributed by atoms with E-state index in [4.69, 9.17) is 4.74 Å². The van der Waals surface area contributed by atoms with Crippen molar-refractivity contribution in [2.24, 2.45) is 11.3 Å². The number of thiazole rings is 1. The molecule has 1 fully saturated rings. The van der Waals surface area contributed by atoms with E-state index >= 15 is 0 Å². The molecule has 0 saturated carbocycles. The second-order valence-electron chi connectivity index (χ2n) is 6.30. The minimum Gasteiger partial charge on any atom is -0.381 e. The minimum absolute atomic E-state index is 0.167. The molecule has 0 bridgehead atoms. The van der Waals surface area contributed by atoms with Gasteiger partial charge in [0.25, 0.3) is 0 Å². The smallest absolute Gasteiger partial charge is 0.381 e. The van der Waals surface area contributed by atoms with Crippen molar-refractivity contribution in [3.8, 4) is 0 Å². The summed E-state index contributed by atoms with van der Waals surface area (Å²) in [6, 6.07) is 0. The fraction of sp³-hybridized carbons (Fsp3) is 0.667. The van der Waals surface area contributed by atoms with Crippen LogP contribution in [0.15, 0.2) is 5.38 Å². The molecule has 1 N–H and O–H groups in total. The number of alkyl halides is 3. The summed E-state index contributed by atoms with van der Waals surface area (Å²) >= 11 is 0.677. The monoisotopic (exact) mass is 364 g/mol. The van der Waals surface area contributed by atoms with Gasteiger partial charge in [-0.2, -0.15) is 13.2 Å². The Morgan fingerprint density at radius 3 is 2.50 bits per heavy atom. The first-order valence-corrected chi connectivity index (χ1v) is 8.44. The molecule has 1 aliphatic rings. The molecule has 1 amide bonds. The van der Waals surface area contributed by atoms with Crippen LogP contribution in [0.25, 0.3) is 0 Å². The number of anilines is 1. The van der Waals surface area contributed by atoms with Gasteiger partial charge in [0.05, 0.1) is 0 Å². The molecule has 0 atom stereocenters. The topological polar surface area (TPSA) is 68.3 Å². The molecule has 24 heavy (non-hydrogen) atoms. The predicted molar refractivity (Wildman–Crippen MR) is 82.7 cm³/mol. The molecule has 2 heterocycles. The second-order valence-corrected chi connectivity index (χ2v) is 7.16.